The van der Waals surface area contributed by atoms with Crippen LogP contribution in [0.25, 0.3) is 0 Å². The highest BCUT2D eigenvalue weighted by Crippen LogP contribution is 2.19. The molecule has 0 amide bonds. The van der Waals surface area contributed by atoms with Crippen molar-refractivity contribution in [2.75, 3.05) is 46.4 Å². The minimum Gasteiger partial charge on any atom is -0.379 e. The zero-order chi connectivity index (χ0) is 13.7. The highest BCUT2D eigenvalue weighted by Gasteiger charge is 2.26. The maximum Gasteiger partial charge on any atom is 0.0620 e. The number of hydrogen-bond acceptors (Lipinski definition) is 4. The number of likely N-dealkylation sites (N-methyl/N-ethyl adjacent to an activating group) is 2. The van der Waals surface area contributed by atoms with E-state index in [4.69, 9.17) is 4.74 Å². The second-order valence-corrected chi connectivity index (χ2v) is 6.17. The molecule has 1 N–H and O–H groups in total. The van der Waals surface area contributed by atoms with Crippen LogP contribution in [0, 0.1) is 0 Å². The molecule has 112 valence electrons. The van der Waals surface area contributed by atoms with E-state index in [1.807, 2.05) is 0 Å². The molecule has 3 unspecified atom stereocenters. The fourth-order valence-corrected chi connectivity index (χ4v) is 3.39. The van der Waals surface area contributed by atoms with Crippen molar-refractivity contribution in [1.82, 2.24) is 15.1 Å². The zero-order valence-electron chi connectivity index (χ0n) is 12.9. The molecule has 2 aliphatic heterocycles. The minimum absolute atomic E-state index is 0.539. The second-order valence-electron chi connectivity index (χ2n) is 6.17. The summed E-state index contributed by atoms with van der Waals surface area (Å²) in [5.74, 6) is 0. The van der Waals surface area contributed by atoms with Gasteiger partial charge in [-0.2, -0.15) is 0 Å². The highest BCUT2D eigenvalue weighted by atomic mass is 16.5. The van der Waals surface area contributed by atoms with Crippen LogP contribution in [0.15, 0.2) is 0 Å². The Bertz CT molecular complexity index is 256. The average Bonchev–Trinajstić information content (AvgIpc) is 2.87. The summed E-state index contributed by atoms with van der Waals surface area (Å²) in [5.41, 5.74) is 0. The number of rotatable bonds is 6. The lowest BCUT2D eigenvalue weighted by atomic mass is 10.1. The van der Waals surface area contributed by atoms with E-state index < -0.39 is 0 Å². The molecule has 2 aliphatic rings. The molecular formula is C15H31N3O. The summed E-state index contributed by atoms with van der Waals surface area (Å²) in [6.07, 6.45) is 3.93. The van der Waals surface area contributed by atoms with Crippen molar-refractivity contribution in [1.29, 1.82) is 0 Å². The molecule has 3 atom stereocenters. The van der Waals surface area contributed by atoms with E-state index in [9.17, 15) is 0 Å². The standard InChI is InChI=1S/C15H31N3O/c1-4-18-8-5-6-15(18)11-17(3)13(2)10-14-12-19-9-7-16-14/h13-16H,4-12H2,1-3H3. The van der Waals surface area contributed by atoms with E-state index in [-0.39, 0.29) is 0 Å². The molecule has 0 saturated carbocycles. The lowest BCUT2D eigenvalue weighted by Gasteiger charge is -2.34. The van der Waals surface area contributed by atoms with Crippen LogP contribution in [0.4, 0.5) is 0 Å². The number of nitrogens with zero attached hydrogens (tertiary/aromatic N) is 2. The quantitative estimate of drug-likeness (QED) is 0.783. The van der Waals surface area contributed by atoms with Crippen molar-refractivity contribution in [3.8, 4) is 0 Å². The van der Waals surface area contributed by atoms with E-state index in [2.05, 4.69) is 36.0 Å². The minimum atomic E-state index is 0.539. The molecule has 19 heavy (non-hydrogen) atoms. The van der Waals surface area contributed by atoms with Gasteiger partial charge in [-0.1, -0.05) is 6.92 Å². The van der Waals surface area contributed by atoms with E-state index >= 15 is 0 Å². The Kier molecular flexibility index (Phi) is 6.07. The molecule has 2 fully saturated rings. The van der Waals surface area contributed by atoms with E-state index in [1.54, 1.807) is 0 Å². The molecule has 0 aromatic carbocycles. The Labute approximate surface area is 118 Å². The summed E-state index contributed by atoms with van der Waals surface area (Å²) in [7, 11) is 2.28. The summed E-state index contributed by atoms with van der Waals surface area (Å²) in [6, 6.07) is 1.93. The van der Waals surface area contributed by atoms with Gasteiger partial charge in [-0.15, -0.1) is 0 Å². The first-order chi connectivity index (χ1) is 9.20. The molecule has 4 nitrogen and oxygen atoms in total. The van der Waals surface area contributed by atoms with Gasteiger partial charge in [0.25, 0.3) is 0 Å². The number of likely N-dealkylation sites (tertiary alicyclic amines) is 1. The van der Waals surface area contributed by atoms with Gasteiger partial charge < -0.3 is 15.0 Å². The third-order valence-electron chi connectivity index (χ3n) is 4.78. The molecule has 0 radical (unpaired) electrons. The second kappa shape index (κ2) is 7.58. The first kappa shape index (κ1) is 15.2. The third-order valence-corrected chi connectivity index (χ3v) is 4.78. The van der Waals surface area contributed by atoms with E-state index in [0.717, 1.165) is 25.8 Å². The predicted molar refractivity (Wildman–Crippen MR) is 79.6 cm³/mol. The summed E-state index contributed by atoms with van der Waals surface area (Å²) in [4.78, 5) is 5.17. The summed E-state index contributed by atoms with van der Waals surface area (Å²) in [6.45, 7) is 11.1. The summed E-state index contributed by atoms with van der Waals surface area (Å²) >= 11 is 0. The molecule has 0 aromatic rings. The molecule has 2 rings (SSSR count). The fraction of sp³-hybridized carbons (Fsp3) is 1.00. The maximum atomic E-state index is 5.54. The van der Waals surface area contributed by atoms with Crippen molar-refractivity contribution >= 4 is 0 Å². The first-order valence-corrected chi connectivity index (χ1v) is 7.96. The normalized spacial score (nSPS) is 30.9. The highest BCUT2D eigenvalue weighted by molar-refractivity contribution is 4.83. The Hall–Kier alpha value is -0.160. The van der Waals surface area contributed by atoms with Gasteiger partial charge in [0.2, 0.25) is 0 Å². The van der Waals surface area contributed by atoms with Crippen LogP contribution in [-0.4, -0.2) is 74.4 Å². The van der Waals surface area contributed by atoms with Gasteiger partial charge in [0, 0.05) is 31.2 Å². The van der Waals surface area contributed by atoms with Crippen molar-refractivity contribution < 1.29 is 4.74 Å². The van der Waals surface area contributed by atoms with Gasteiger partial charge in [-0.3, -0.25) is 4.90 Å². The number of ether oxygens (including phenoxy) is 1. The number of hydrogen-bond donors (Lipinski definition) is 1. The van der Waals surface area contributed by atoms with Crippen molar-refractivity contribution in [2.45, 2.75) is 51.2 Å². The monoisotopic (exact) mass is 269 g/mol. The largest absolute Gasteiger partial charge is 0.379 e. The smallest absolute Gasteiger partial charge is 0.0620 e. The maximum absolute atomic E-state index is 5.54. The molecule has 2 heterocycles. The van der Waals surface area contributed by atoms with E-state index in [1.165, 1.54) is 38.9 Å². The average molecular weight is 269 g/mol. The lowest BCUT2D eigenvalue weighted by molar-refractivity contribution is 0.0620. The Morgan fingerprint density at radius 3 is 3.00 bits per heavy atom. The first-order valence-electron chi connectivity index (χ1n) is 7.96. The molecule has 0 spiro atoms. The molecule has 2 saturated heterocycles. The van der Waals surface area contributed by atoms with Crippen LogP contribution < -0.4 is 5.32 Å². The Balaban J connectivity index is 1.73. The predicted octanol–water partition coefficient (Wildman–Crippen LogP) is 1.17. The summed E-state index contributed by atoms with van der Waals surface area (Å²) in [5, 5.41) is 3.56. The van der Waals surface area contributed by atoms with Crippen LogP contribution in [0.3, 0.4) is 0 Å². The van der Waals surface area contributed by atoms with E-state index in [0.29, 0.717) is 12.1 Å². The molecule has 0 bridgehead atoms. The van der Waals surface area contributed by atoms with Gasteiger partial charge in [-0.05, 0) is 46.3 Å². The van der Waals surface area contributed by atoms with Crippen molar-refractivity contribution in [3.05, 3.63) is 0 Å². The molecule has 4 heteroatoms. The zero-order valence-corrected chi connectivity index (χ0v) is 12.9. The molecular weight excluding hydrogens is 238 g/mol. The van der Waals surface area contributed by atoms with Crippen molar-refractivity contribution in [2.24, 2.45) is 0 Å². The molecule has 0 aromatic heterocycles. The topological polar surface area (TPSA) is 27.7 Å². The Morgan fingerprint density at radius 1 is 1.47 bits per heavy atom. The molecule has 0 aliphatic carbocycles. The summed E-state index contributed by atoms with van der Waals surface area (Å²) < 4.78 is 5.54. The fourth-order valence-electron chi connectivity index (χ4n) is 3.39. The number of morpholine rings is 1. The van der Waals surface area contributed by atoms with Gasteiger partial charge >= 0.3 is 0 Å². The lowest BCUT2D eigenvalue weighted by Crippen LogP contribution is -2.47. The third kappa shape index (κ3) is 4.42. The van der Waals surface area contributed by atoms with Crippen LogP contribution in [0.2, 0.25) is 0 Å². The van der Waals surface area contributed by atoms with Crippen LogP contribution >= 0.6 is 0 Å². The van der Waals surface area contributed by atoms with Gasteiger partial charge in [-0.25, -0.2) is 0 Å². The van der Waals surface area contributed by atoms with Crippen LogP contribution in [-0.2, 0) is 4.74 Å². The SMILES string of the molecule is CCN1CCCC1CN(C)C(C)CC1COCCN1. The van der Waals surface area contributed by atoms with Gasteiger partial charge in [0.05, 0.1) is 13.2 Å². The van der Waals surface area contributed by atoms with Crippen molar-refractivity contribution in [3.63, 3.8) is 0 Å². The van der Waals surface area contributed by atoms with Gasteiger partial charge in [0.15, 0.2) is 0 Å². The Morgan fingerprint density at radius 2 is 2.32 bits per heavy atom. The van der Waals surface area contributed by atoms with Gasteiger partial charge in [0.1, 0.15) is 0 Å². The number of nitrogens with one attached hydrogen (secondary N) is 1. The van der Waals surface area contributed by atoms with Crippen LogP contribution in [0.1, 0.15) is 33.1 Å². The van der Waals surface area contributed by atoms with Crippen LogP contribution in [0.5, 0.6) is 0 Å².